The molecule has 0 spiro atoms. The van der Waals surface area contributed by atoms with Gasteiger partial charge in [0.2, 0.25) is 0 Å². The Morgan fingerprint density at radius 3 is 2.53 bits per heavy atom. The van der Waals surface area contributed by atoms with Crippen LogP contribution in [-0.4, -0.2) is 34.4 Å². The van der Waals surface area contributed by atoms with Crippen molar-refractivity contribution in [3.63, 3.8) is 0 Å². The molecule has 0 atom stereocenters. The molecule has 1 aliphatic carbocycles. The molecule has 6 rings (SSSR count). The molecule has 0 bridgehead atoms. The second-order valence-electron chi connectivity index (χ2n) is 9.08. The Morgan fingerprint density at radius 1 is 1.03 bits per heavy atom. The van der Waals surface area contributed by atoms with Gasteiger partial charge in [0.15, 0.2) is 11.5 Å². The second-order valence-corrected chi connectivity index (χ2v) is 9.08. The smallest absolute Gasteiger partial charge is 0.335 e. The number of para-hydroxylation sites is 1. The van der Waals surface area contributed by atoms with Crippen LogP contribution in [0.5, 0.6) is 0 Å². The number of imidazole rings is 1. The van der Waals surface area contributed by atoms with Gasteiger partial charge < -0.3 is 10.8 Å². The van der Waals surface area contributed by atoms with Crippen LogP contribution in [0.3, 0.4) is 0 Å². The Labute approximate surface area is 193 Å². The van der Waals surface area contributed by atoms with E-state index in [1.54, 1.807) is 34.4 Å². The summed E-state index contributed by atoms with van der Waals surface area (Å²) in [5.74, 6) is 0.168. The molecule has 9 heteroatoms. The number of aliphatic hydroxyl groups is 1. The highest BCUT2D eigenvalue weighted by atomic mass is 16.3. The number of rotatable bonds is 3. The van der Waals surface area contributed by atoms with Crippen LogP contribution in [0.4, 0.5) is 5.82 Å². The van der Waals surface area contributed by atoms with E-state index in [0.717, 1.165) is 11.1 Å². The van der Waals surface area contributed by atoms with E-state index >= 15 is 0 Å². The first-order valence-electron chi connectivity index (χ1n) is 11.0. The average Bonchev–Trinajstić information content (AvgIpc) is 3.11. The van der Waals surface area contributed by atoms with Crippen molar-refractivity contribution in [2.45, 2.75) is 31.4 Å². The largest absolute Gasteiger partial charge is 0.390 e. The Bertz CT molecular complexity index is 1690. The minimum Gasteiger partial charge on any atom is -0.390 e. The number of hydrogen-bond acceptors (Lipinski definition) is 6. The molecule has 1 saturated carbocycles. The van der Waals surface area contributed by atoms with Crippen molar-refractivity contribution < 1.29 is 5.11 Å². The van der Waals surface area contributed by atoms with E-state index in [9.17, 15) is 14.7 Å². The van der Waals surface area contributed by atoms with E-state index in [0.29, 0.717) is 35.1 Å². The predicted octanol–water partition coefficient (Wildman–Crippen LogP) is 2.55. The second kappa shape index (κ2) is 7.13. The molecule has 0 aliphatic heterocycles. The summed E-state index contributed by atoms with van der Waals surface area (Å²) in [5.41, 5.74) is 6.90. The lowest BCUT2D eigenvalue weighted by Crippen LogP contribution is -2.45. The lowest BCUT2D eigenvalue weighted by Gasteiger charge is -2.41. The molecule has 5 aromatic rings. The van der Waals surface area contributed by atoms with Gasteiger partial charge in [0.25, 0.3) is 5.56 Å². The van der Waals surface area contributed by atoms with Crippen LogP contribution in [0.25, 0.3) is 33.3 Å². The van der Waals surface area contributed by atoms with Crippen LogP contribution in [0.2, 0.25) is 0 Å². The molecule has 9 nitrogen and oxygen atoms in total. The fourth-order valence-electron chi connectivity index (χ4n) is 4.93. The van der Waals surface area contributed by atoms with Gasteiger partial charge in [0.05, 0.1) is 11.3 Å². The maximum Gasteiger partial charge on any atom is 0.335 e. The van der Waals surface area contributed by atoms with Crippen LogP contribution in [0.1, 0.15) is 25.8 Å². The van der Waals surface area contributed by atoms with Gasteiger partial charge in [0, 0.05) is 23.3 Å². The first-order valence-corrected chi connectivity index (χ1v) is 11.0. The SMILES string of the molecule is CC1(O)CC(n2c(=O)n(-c3ccc4ccn(-c5ccccc5)c(=O)c4c3)c3c(N)ncnc32)C1. The molecule has 3 heterocycles. The average molecular weight is 454 g/mol. The van der Waals surface area contributed by atoms with Gasteiger partial charge in [-0.15, -0.1) is 0 Å². The van der Waals surface area contributed by atoms with Crippen LogP contribution < -0.4 is 17.0 Å². The molecule has 0 amide bonds. The highest BCUT2D eigenvalue weighted by Gasteiger charge is 2.41. The summed E-state index contributed by atoms with van der Waals surface area (Å²) in [6.07, 6.45) is 3.95. The van der Waals surface area contributed by atoms with Gasteiger partial charge in [-0.05, 0) is 55.5 Å². The molecule has 2 aromatic carbocycles. The van der Waals surface area contributed by atoms with E-state index in [1.165, 1.54) is 10.9 Å². The molecular weight excluding hydrogens is 432 g/mol. The predicted molar refractivity (Wildman–Crippen MR) is 130 cm³/mol. The summed E-state index contributed by atoms with van der Waals surface area (Å²) >= 11 is 0. The first kappa shape index (κ1) is 20.4. The topological polar surface area (TPSA) is 121 Å². The van der Waals surface area contributed by atoms with Gasteiger partial charge in [-0.25, -0.2) is 14.8 Å². The van der Waals surface area contributed by atoms with Crippen molar-refractivity contribution in [1.29, 1.82) is 0 Å². The highest BCUT2D eigenvalue weighted by Crippen LogP contribution is 2.41. The summed E-state index contributed by atoms with van der Waals surface area (Å²) in [4.78, 5) is 35.4. The van der Waals surface area contributed by atoms with Crippen LogP contribution in [-0.2, 0) is 0 Å². The standard InChI is InChI=1S/C25H22N6O3/c1-25(34)12-18(13-25)31-22-20(21(26)27-14-28-22)30(24(31)33)17-8-7-15-9-10-29(23(32)19(15)11-17)16-5-3-2-4-6-16/h2-11,14,18,34H,12-13H2,1H3,(H2,26,27,28). The van der Waals surface area contributed by atoms with Crippen LogP contribution in [0.15, 0.2) is 76.7 Å². The zero-order chi connectivity index (χ0) is 23.6. The lowest BCUT2D eigenvalue weighted by atomic mass is 9.77. The van der Waals surface area contributed by atoms with Crippen molar-refractivity contribution in [3.8, 4) is 11.4 Å². The Hall–Kier alpha value is -4.24. The van der Waals surface area contributed by atoms with E-state index in [-0.39, 0.29) is 23.1 Å². The molecule has 3 aromatic heterocycles. The number of benzene rings is 2. The summed E-state index contributed by atoms with van der Waals surface area (Å²) in [5, 5.41) is 11.5. The van der Waals surface area contributed by atoms with Gasteiger partial charge in [-0.3, -0.25) is 18.5 Å². The minimum atomic E-state index is -0.817. The zero-order valence-corrected chi connectivity index (χ0v) is 18.4. The lowest BCUT2D eigenvalue weighted by molar-refractivity contribution is -0.0508. The molecule has 34 heavy (non-hydrogen) atoms. The number of anilines is 1. The number of pyridine rings is 1. The molecule has 0 saturated heterocycles. The molecule has 0 radical (unpaired) electrons. The quantitative estimate of drug-likeness (QED) is 0.432. The number of fused-ring (bicyclic) bond motifs is 2. The summed E-state index contributed by atoms with van der Waals surface area (Å²) < 4.78 is 4.60. The van der Waals surface area contributed by atoms with Crippen molar-refractivity contribution in [2.24, 2.45) is 0 Å². The number of nitrogens with zero attached hydrogens (tertiary/aromatic N) is 5. The maximum absolute atomic E-state index is 13.6. The van der Waals surface area contributed by atoms with Gasteiger partial charge >= 0.3 is 5.69 Å². The van der Waals surface area contributed by atoms with Gasteiger partial charge in [-0.2, -0.15) is 0 Å². The number of nitrogen functional groups attached to an aromatic ring is 1. The Balaban J connectivity index is 1.59. The first-order chi connectivity index (χ1) is 16.3. The van der Waals surface area contributed by atoms with Crippen LogP contribution >= 0.6 is 0 Å². The van der Waals surface area contributed by atoms with E-state index in [1.807, 2.05) is 42.5 Å². The van der Waals surface area contributed by atoms with E-state index in [4.69, 9.17) is 5.73 Å². The molecule has 3 N–H and O–H groups in total. The number of aromatic nitrogens is 5. The third-order valence-corrected chi connectivity index (χ3v) is 6.58. The molecule has 1 aliphatic rings. The number of hydrogen-bond donors (Lipinski definition) is 2. The summed E-state index contributed by atoms with van der Waals surface area (Å²) in [6.45, 7) is 1.75. The zero-order valence-electron chi connectivity index (χ0n) is 18.4. The summed E-state index contributed by atoms with van der Waals surface area (Å²) in [6, 6.07) is 16.3. The van der Waals surface area contributed by atoms with Crippen molar-refractivity contribution in [3.05, 3.63) is 88.0 Å². The monoisotopic (exact) mass is 454 g/mol. The molecule has 0 unspecified atom stereocenters. The van der Waals surface area contributed by atoms with E-state index < -0.39 is 5.60 Å². The van der Waals surface area contributed by atoms with Crippen molar-refractivity contribution >= 4 is 27.8 Å². The normalized spacial score (nSPS) is 20.0. The number of nitrogens with two attached hydrogens (primary N) is 1. The Kier molecular flexibility index (Phi) is 4.27. The third-order valence-electron chi connectivity index (χ3n) is 6.58. The molecular formula is C25H22N6O3. The summed E-state index contributed by atoms with van der Waals surface area (Å²) in [7, 11) is 0. The van der Waals surface area contributed by atoms with Gasteiger partial charge in [-0.1, -0.05) is 24.3 Å². The minimum absolute atomic E-state index is 0.168. The Morgan fingerprint density at radius 2 is 1.79 bits per heavy atom. The highest BCUT2D eigenvalue weighted by molar-refractivity contribution is 5.87. The fourth-order valence-corrected chi connectivity index (χ4v) is 4.93. The molecule has 170 valence electrons. The maximum atomic E-state index is 13.6. The molecule has 1 fully saturated rings. The van der Waals surface area contributed by atoms with Crippen molar-refractivity contribution in [2.75, 3.05) is 5.73 Å². The van der Waals surface area contributed by atoms with Gasteiger partial charge in [0.1, 0.15) is 11.8 Å². The van der Waals surface area contributed by atoms with Crippen molar-refractivity contribution in [1.82, 2.24) is 23.7 Å². The third kappa shape index (κ3) is 2.97. The fraction of sp³-hybridized carbons (Fsp3) is 0.200. The van der Waals surface area contributed by atoms with E-state index in [2.05, 4.69) is 9.97 Å². The van der Waals surface area contributed by atoms with Crippen LogP contribution in [0, 0.1) is 0 Å².